The summed E-state index contributed by atoms with van der Waals surface area (Å²) in [5.74, 6) is -6.02. The summed E-state index contributed by atoms with van der Waals surface area (Å²) in [5.41, 5.74) is 0.967. The largest absolute Gasteiger partial charge is 1.00 e. The minimum absolute atomic E-state index is 0. The predicted molar refractivity (Wildman–Crippen MR) is 206 cm³/mol. The number of anilines is 2. The number of nitrogens with one attached hydrogen (secondary N) is 2. The number of carboxylic acid groups (broad SMARTS) is 4. The fourth-order valence-corrected chi connectivity index (χ4v) is 6.89. The average molecular weight is 857 g/mol. The second kappa shape index (κ2) is 34.7. The third-order valence-corrected chi connectivity index (χ3v) is 10.2. The van der Waals surface area contributed by atoms with Crippen LogP contribution in [0.3, 0.4) is 0 Å². The summed E-state index contributed by atoms with van der Waals surface area (Å²) in [4.78, 5) is 67.9. The second-order valence-corrected chi connectivity index (χ2v) is 14.9. The number of carbonyl (C=O) groups is 6. The van der Waals surface area contributed by atoms with Gasteiger partial charge in [0.25, 0.3) is 0 Å². The van der Waals surface area contributed by atoms with Crippen molar-refractivity contribution in [1.82, 2.24) is 0 Å². The molecule has 0 saturated heterocycles. The number of hydrogen-bond donors (Lipinski definition) is 6. The molecule has 0 radical (unpaired) electrons. The fraction of sp³-hybridized carbons (Fsp3) is 0.526. The van der Waals surface area contributed by atoms with Crippen LogP contribution in [-0.2, 0) is 28.8 Å². The quantitative estimate of drug-likeness (QED) is 0.0312. The Labute approximate surface area is 386 Å². The number of thioether (sulfide) groups is 2. The molecule has 308 valence electrons. The predicted octanol–water partition coefficient (Wildman–Crippen LogP) is -3.04. The zero-order valence-electron chi connectivity index (χ0n) is 33.2. The number of carbonyl (C=O) groups excluding carboxylic acids is 4. The molecule has 0 bridgehead atoms. The van der Waals surface area contributed by atoms with E-state index in [4.69, 9.17) is 10.2 Å². The van der Waals surface area contributed by atoms with E-state index < -0.39 is 72.6 Å². The molecule has 57 heavy (non-hydrogen) atoms. The van der Waals surface area contributed by atoms with Crippen LogP contribution in [0.2, 0.25) is 0 Å². The number of aliphatic hydroxyl groups is 2. The van der Waals surface area contributed by atoms with Crippen LogP contribution in [-0.4, -0.2) is 85.3 Å². The summed E-state index contributed by atoms with van der Waals surface area (Å²) in [5, 5.41) is 64.7. The fourth-order valence-electron chi connectivity index (χ4n) is 5.01. The van der Waals surface area contributed by atoms with Crippen LogP contribution >= 0.6 is 23.5 Å². The first-order valence-electron chi connectivity index (χ1n) is 17.9. The van der Waals surface area contributed by atoms with Crippen molar-refractivity contribution in [1.29, 1.82) is 0 Å². The number of hydrogen-bond acceptors (Lipinski definition) is 12. The van der Waals surface area contributed by atoms with Gasteiger partial charge in [-0.25, -0.2) is 0 Å². The Morgan fingerprint density at radius 1 is 0.614 bits per heavy atom. The molecule has 0 aliphatic carbocycles. The molecule has 8 N–H and O–H groups in total. The van der Waals surface area contributed by atoms with Gasteiger partial charge < -0.3 is 56.3 Å². The van der Waals surface area contributed by atoms with Crippen LogP contribution in [0.1, 0.15) is 90.9 Å². The van der Waals surface area contributed by atoms with Crippen molar-refractivity contribution in [3.8, 4) is 0 Å². The first-order valence-corrected chi connectivity index (χ1v) is 19.9. The summed E-state index contributed by atoms with van der Waals surface area (Å²) < 4.78 is 0. The second-order valence-electron chi connectivity index (χ2n) is 12.7. The topological polar surface area (TPSA) is 285 Å². The van der Waals surface area contributed by atoms with Crippen molar-refractivity contribution in [2.75, 3.05) is 22.1 Å². The van der Waals surface area contributed by atoms with E-state index in [1.54, 1.807) is 36.4 Å². The number of amides is 2. The molecular formula is C38H54N2Na2O13S2. The maximum atomic E-state index is 11.5. The summed E-state index contributed by atoms with van der Waals surface area (Å²) in [7, 11) is 0. The zero-order valence-corrected chi connectivity index (χ0v) is 38.8. The van der Waals surface area contributed by atoms with E-state index >= 15 is 0 Å². The molecule has 0 saturated carbocycles. The number of unbranched alkanes of at least 4 members (excludes halogenated alkanes) is 2. The molecule has 0 fully saturated rings. The minimum atomic E-state index is -1.20. The van der Waals surface area contributed by atoms with Gasteiger partial charge >= 0.3 is 71.1 Å². The molecule has 4 atom stereocenters. The van der Waals surface area contributed by atoms with Crippen molar-refractivity contribution >= 4 is 70.6 Å². The molecule has 2 aromatic carbocycles. The normalized spacial score (nSPS) is 12.3. The smallest absolute Gasteiger partial charge is 0.550 e. The standard InChI is InChI=1S/2C19H27NO6S.2Na.H2O/c2*1-2-3-5-13(19(25)26)8-9-15(21)12-27-16-7-4-6-14(10-16)20-17(22)11-18(23)24;;;/h2*4,6-7,10,13,15,21H,2-3,5,8-9,11-12H2,1H3,(H,20,22)(H,23,24)(H,25,26);;;1H2/q;;2*+1;/p-2/t2*13-,15-;;;/m11.../s1. The van der Waals surface area contributed by atoms with Crippen LogP contribution in [0.4, 0.5) is 11.4 Å². The molecule has 15 nitrogen and oxygen atoms in total. The number of aliphatic hydroxyl groups excluding tert-OH is 2. The van der Waals surface area contributed by atoms with Gasteiger partial charge in [-0.05, 0) is 86.8 Å². The van der Waals surface area contributed by atoms with E-state index in [-0.39, 0.29) is 64.6 Å². The molecule has 0 aliphatic rings. The van der Waals surface area contributed by atoms with Crippen molar-refractivity contribution in [2.45, 2.75) is 113 Å². The molecular weight excluding hydrogens is 803 g/mol. The van der Waals surface area contributed by atoms with E-state index in [0.717, 1.165) is 35.5 Å². The van der Waals surface area contributed by atoms with Gasteiger partial charge in [0.2, 0.25) is 11.8 Å². The Hall–Kier alpha value is -2.16. The van der Waals surface area contributed by atoms with Gasteiger partial charge in [0.1, 0.15) is 12.8 Å². The first kappa shape index (κ1) is 59.2. The Bertz CT molecular complexity index is 1400. The maximum Gasteiger partial charge on any atom is 1.00 e. The van der Waals surface area contributed by atoms with Crippen LogP contribution in [0, 0.1) is 11.8 Å². The van der Waals surface area contributed by atoms with Crippen molar-refractivity contribution in [3.05, 3.63) is 48.5 Å². The van der Waals surface area contributed by atoms with E-state index in [2.05, 4.69) is 10.6 Å². The van der Waals surface area contributed by atoms with E-state index in [1.165, 1.54) is 23.5 Å². The SMILES string of the molecule is CCCC[C@H](CC[C@@H](O)CSc1cccc(NC(=O)CC(=O)O)c1)C(=O)[O-].CCCC[C@H](CC[C@@H](O)CSc1cccc(NC(=O)CC(=O)O)c1)C(=O)[O-].O.[Na+].[Na+]. The van der Waals surface area contributed by atoms with Crippen LogP contribution in [0.15, 0.2) is 58.3 Å². The molecule has 0 heterocycles. The molecule has 0 unspecified atom stereocenters. The van der Waals surface area contributed by atoms with Gasteiger partial charge in [-0.3, -0.25) is 19.2 Å². The monoisotopic (exact) mass is 856 g/mol. The van der Waals surface area contributed by atoms with Crippen molar-refractivity contribution < 1.29 is 124 Å². The van der Waals surface area contributed by atoms with E-state index in [0.29, 0.717) is 61.4 Å². The third-order valence-electron chi connectivity index (χ3n) is 7.92. The van der Waals surface area contributed by atoms with E-state index in [1.807, 2.05) is 26.0 Å². The number of aliphatic carboxylic acids is 4. The Morgan fingerprint density at radius 2 is 0.965 bits per heavy atom. The molecule has 0 aromatic heterocycles. The molecule has 0 aliphatic heterocycles. The van der Waals surface area contributed by atoms with Crippen molar-refractivity contribution in [2.24, 2.45) is 11.8 Å². The molecule has 0 spiro atoms. The number of carboxylic acids is 4. The summed E-state index contributed by atoms with van der Waals surface area (Å²) in [6.45, 7) is 3.99. The average Bonchev–Trinajstić information content (AvgIpc) is 3.09. The summed E-state index contributed by atoms with van der Waals surface area (Å²) in [6, 6.07) is 13.8. The Kier molecular flexibility index (Phi) is 36.0. The number of benzene rings is 2. The first-order chi connectivity index (χ1) is 25.6. The van der Waals surface area contributed by atoms with Crippen LogP contribution < -0.4 is 80.0 Å². The molecule has 2 rings (SSSR count). The minimum Gasteiger partial charge on any atom is -0.550 e. The zero-order chi connectivity index (χ0) is 40.5. The summed E-state index contributed by atoms with van der Waals surface area (Å²) >= 11 is 2.76. The number of rotatable bonds is 26. The van der Waals surface area contributed by atoms with E-state index in [9.17, 15) is 49.2 Å². The molecule has 2 aromatic rings. The van der Waals surface area contributed by atoms with Gasteiger partial charge in [-0.15, -0.1) is 23.5 Å². The molecule has 2 amide bonds. The maximum absolute atomic E-state index is 11.5. The van der Waals surface area contributed by atoms with Gasteiger partial charge in [-0.1, -0.05) is 51.7 Å². The summed E-state index contributed by atoms with van der Waals surface area (Å²) in [6.07, 6.45) is 3.64. The van der Waals surface area contributed by atoms with Gasteiger partial charge in [-0.2, -0.15) is 0 Å². The van der Waals surface area contributed by atoms with Crippen LogP contribution in [0.5, 0.6) is 0 Å². The Morgan fingerprint density at radius 3 is 1.26 bits per heavy atom. The van der Waals surface area contributed by atoms with Crippen molar-refractivity contribution in [3.63, 3.8) is 0 Å². The Balaban J connectivity index is -0.000000972. The molecule has 19 heteroatoms. The third kappa shape index (κ3) is 29.7. The van der Waals surface area contributed by atoms with Gasteiger partial charge in [0, 0.05) is 44.6 Å². The van der Waals surface area contributed by atoms with Gasteiger partial charge in [0.15, 0.2) is 0 Å². The van der Waals surface area contributed by atoms with Gasteiger partial charge in [0.05, 0.1) is 12.2 Å². The van der Waals surface area contributed by atoms with Crippen LogP contribution in [0.25, 0.3) is 0 Å².